The van der Waals surface area contributed by atoms with Gasteiger partial charge < -0.3 is 15.7 Å². The number of nitrogens with zero attached hydrogens (tertiary/aromatic N) is 1. The number of likely N-dealkylation sites (tertiary alicyclic amines) is 1. The van der Waals surface area contributed by atoms with Gasteiger partial charge in [-0.25, -0.2) is 0 Å². The molecule has 1 amide bonds. The molecule has 0 saturated carbocycles. The molecule has 116 valence electrons. The van der Waals surface area contributed by atoms with Crippen LogP contribution in [0, 0.1) is 11.3 Å². The molecule has 0 aromatic carbocycles. The first-order valence-corrected chi connectivity index (χ1v) is 6.35. The van der Waals surface area contributed by atoms with E-state index < -0.39 is 42.5 Å². The van der Waals surface area contributed by atoms with Gasteiger partial charge in [-0.15, -0.1) is 0 Å². The van der Waals surface area contributed by atoms with E-state index in [9.17, 15) is 22.8 Å². The molecule has 2 unspecified atom stereocenters. The molecular formula is C12H19F3N2O3. The highest BCUT2D eigenvalue weighted by Crippen LogP contribution is 2.45. The highest BCUT2D eigenvalue weighted by molar-refractivity contribution is 5.81. The van der Waals surface area contributed by atoms with Crippen molar-refractivity contribution in [3.8, 4) is 0 Å². The van der Waals surface area contributed by atoms with Crippen LogP contribution in [0.15, 0.2) is 0 Å². The summed E-state index contributed by atoms with van der Waals surface area (Å²) < 4.78 is 38.9. The largest absolute Gasteiger partial charge is 0.481 e. The Kier molecular flexibility index (Phi) is 4.68. The minimum absolute atomic E-state index is 0.0217. The van der Waals surface area contributed by atoms with Gasteiger partial charge in [-0.2, -0.15) is 13.2 Å². The zero-order valence-electron chi connectivity index (χ0n) is 11.4. The maximum absolute atomic E-state index is 13.0. The number of hydrogen-bond acceptors (Lipinski definition) is 3. The lowest BCUT2D eigenvalue weighted by Crippen LogP contribution is -2.48. The fraction of sp³-hybridized carbons (Fsp3) is 0.833. The molecule has 1 aliphatic heterocycles. The first kappa shape index (κ1) is 16.7. The Hall–Kier alpha value is -1.31. The summed E-state index contributed by atoms with van der Waals surface area (Å²) in [4.78, 5) is 23.8. The van der Waals surface area contributed by atoms with Gasteiger partial charge in [0.25, 0.3) is 0 Å². The third-order valence-electron chi connectivity index (χ3n) is 3.84. The van der Waals surface area contributed by atoms with Gasteiger partial charge in [0, 0.05) is 25.6 Å². The van der Waals surface area contributed by atoms with E-state index in [0.29, 0.717) is 0 Å². The van der Waals surface area contributed by atoms with E-state index in [0.717, 1.165) is 4.90 Å². The van der Waals surface area contributed by atoms with Gasteiger partial charge in [0.1, 0.15) is 0 Å². The normalized spacial score (nSPS) is 25.1. The molecule has 0 aliphatic carbocycles. The Labute approximate surface area is 114 Å². The van der Waals surface area contributed by atoms with Gasteiger partial charge in [0.15, 0.2) is 5.41 Å². The zero-order valence-corrected chi connectivity index (χ0v) is 11.4. The van der Waals surface area contributed by atoms with Crippen LogP contribution in [0.25, 0.3) is 0 Å². The molecule has 1 heterocycles. The topological polar surface area (TPSA) is 83.6 Å². The second kappa shape index (κ2) is 5.59. The summed E-state index contributed by atoms with van der Waals surface area (Å²) in [6, 6.07) is -0.451. The van der Waals surface area contributed by atoms with Crippen molar-refractivity contribution in [3.05, 3.63) is 0 Å². The number of carboxylic acid groups (broad SMARTS) is 1. The molecule has 0 aromatic rings. The van der Waals surface area contributed by atoms with E-state index >= 15 is 0 Å². The fourth-order valence-electron chi connectivity index (χ4n) is 2.12. The number of carbonyl (C=O) groups excluding carboxylic acids is 1. The van der Waals surface area contributed by atoms with E-state index in [2.05, 4.69) is 0 Å². The van der Waals surface area contributed by atoms with Crippen LogP contribution in [-0.2, 0) is 9.59 Å². The molecule has 2 atom stereocenters. The van der Waals surface area contributed by atoms with E-state index in [1.165, 1.54) is 0 Å². The van der Waals surface area contributed by atoms with Gasteiger partial charge in [-0.05, 0) is 12.3 Å². The monoisotopic (exact) mass is 296 g/mol. The molecule has 3 N–H and O–H groups in total. The summed E-state index contributed by atoms with van der Waals surface area (Å²) in [7, 11) is 0. The maximum atomic E-state index is 13.0. The Morgan fingerprint density at radius 3 is 2.30 bits per heavy atom. The second-order valence-corrected chi connectivity index (χ2v) is 5.56. The molecule has 1 aliphatic rings. The van der Waals surface area contributed by atoms with E-state index in [-0.39, 0.29) is 18.9 Å². The Morgan fingerprint density at radius 2 is 1.95 bits per heavy atom. The van der Waals surface area contributed by atoms with Gasteiger partial charge >= 0.3 is 12.1 Å². The van der Waals surface area contributed by atoms with Gasteiger partial charge in [0.2, 0.25) is 5.91 Å². The molecule has 0 spiro atoms. The van der Waals surface area contributed by atoms with Crippen molar-refractivity contribution >= 4 is 11.9 Å². The maximum Gasteiger partial charge on any atom is 0.406 e. The third kappa shape index (κ3) is 3.05. The van der Waals surface area contributed by atoms with E-state index in [1.54, 1.807) is 13.8 Å². The lowest BCUT2D eigenvalue weighted by atomic mass is 9.86. The molecule has 5 nitrogen and oxygen atoms in total. The lowest BCUT2D eigenvalue weighted by molar-refractivity contribution is -0.227. The Balaban J connectivity index is 2.80. The van der Waals surface area contributed by atoms with Crippen LogP contribution in [0.3, 0.4) is 0 Å². The highest BCUT2D eigenvalue weighted by atomic mass is 19.4. The number of aliphatic carboxylic acids is 1. The van der Waals surface area contributed by atoms with Crippen molar-refractivity contribution in [3.63, 3.8) is 0 Å². The standard InChI is InChI=1S/C12H19F3N2O3/c1-7(2)8(16)5-9(18)17-4-3-11(6-17,10(19)20)12(13,14)15/h7-8H,3-6,16H2,1-2H3,(H,19,20). The minimum Gasteiger partial charge on any atom is -0.481 e. The summed E-state index contributed by atoms with van der Waals surface area (Å²) in [5.41, 5.74) is 2.86. The summed E-state index contributed by atoms with van der Waals surface area (Å²) >= 11 is 0. The lowest BCUT2D eigenvalue weighted by Gasteiger charge is -2.27. The summed E-state index contributed by atoms with van der Waals surface area (Å²) in [5, 5.41) is 8.89. The van der Waals surface area contributed by atoms with Crippen molar-refractivity contribution in [1.82, 2.24) is 4.90 Å². The molecule has 1 fully saturated rings. The van der Waals surface area contributed by atoms with Crippen molar-refractivity contribution in [2.45, 2.75) is 38.9 Å². The average Bonchev–Trinajstić information content (AvgIpc) is 2.73. The van der Waals surface area contributed by atoms with Crippen LogP contribution in [0.5, 0.6) is 0 Å². The van der Waals surface area contributed by atoms with Gasteiger partial charge in [0.05, 0.1) is 0 Å². The molecule has 1 saturated heterocycles. The number of alkyl halides is 3. The molecule has 8 heteroatoms. The van der Waals surface area contributed by atoms with Crippen molar-refractivity contribution in [2.24, 2.45) is 17.1 Å². The smallest absolute Gasteiger partial charge is 0.406 e. The third-order valence-corrected chi connectivity index (χ3v) is 3.84. The van der Waals surface area contributed by atoms with Crippen LogP contribution in [0.1, 0.15) is 26.7 Å². The Morgan fingerprint density at radius 1 is 1.40 bits per heavy atom. The number of amides is 1. The summed E-state index contributed by atoms with van der Waals surface area (Å²) in [6.45, 7) is 2.56. The van der Waals surface area contributed by atoms with Crippen molar-refractivity contribution in [1.29, 1.82) is 0 Å². The summed E-state index contributed by atoms with van der Waals surface area (Å²) in [5.74, 6) is -2.44. The predicted octanol–water partition coefficient (Wildman–Crippen LogP) is 1.23. The van der Waals surface area contributed by atoms with Gasteiger partial charge in [-0.1, -0.05) is 13.8 Å². The van der Waals surface area contributed by atoms with Crippen LogP contribution < -0.4 is 5.73 Å². The number of rotatable bonds is 4. The summed E-state index contributed by atoms with van der Waals surface area (Å²) in [6.07, 6.45) is -5.58. The number of hydrogen-bond donors (Lipinski definition) is 2. The number of carboxylic acids is 1. The van der Waals surface area contributed by atoms with Crippen LogP contribution in [0.2, 0.25) is 0 Å². The Bertz CT molecular complexity index is 398. The predicted molar refractivity (Wildman–Crippen MR) is 64.8 cm³/mol. The van der Waals surface area contributed by atoms with E-state index in [1.807, 2.05) is 0 Å². The minimum atomic E-state index is -4.88. The number of nitrogens with two attached hydrogens (primary N) is 1. The molecule has 0 aromatic heterocycles. The van der Waals surface area contributed by atoms with Crippen molar-refractivity contribution in [2.75, 3.05) is 13.1 Å². The number of halogens is 3. The van der Waals surface area contributed by atoms with Crippen LogP contribution in [0.4, 0.5) is 13.2 Å². The average molecular weight is 296 g/mol. The molecule has 1 rings (SSSR count). The molecular weight excluding hydrogens is 277 g/mol. The first-order chi connectivity index (χ1) is 9.01. The van der Waals surface area contributed by atoms with E-state index in [4.69, 9.17) is 10.8 Å². The van der Waals surface area contributed by atoms with Crippen LogP contribution in [-0.4, -0.2) is 47.2 Å². The second-order valence-electron chi connectivity index (χ2n) is 5.56. The molecule has 20 heavy (non-hydrogen) atoms. The molecule has 0 radical (unpaired) electrons. The van der Waals surface area contributed by atoms with Gasteiger partial charge in [-0.3, -0.25) is 9.59 Å². The quantitative estimate of drug-likeness (QED) is 0.817. The first-order valence-electron chi connectivity index (χ1n) is 6.35. The molecule has 0 bridgehead atoms. The zero-order chi connectivity index (χ0) is 15.7. The van der Waals surface area contributed by atoms with Crippen molar-refractivity contribution < 1.29 is 27.9 Å². The number of carbonyl (C=O) groups is 2. The SMILES string of the molecule is CC(C)C(N)CC(=O)N1CCC(C(=O)O)(C(F)(F)F)C1. The van der Waals surface area contributed by atoms with Crippen LogP contribution >= 0.6 is 0 Å². The fourth-order valence-corrected chi connectivity index (χ4v) is 2.12. The highest BCUT2D eigenvalue weighted by Gasteiger charge is 2.64.